The number of benzene rings is 2. The van der Waals surface area contributed by atoms with Crippen LogP contribution in [-0.4, -0.2) is 13.7 Å². The van der Waals surface area contributed by atoms with E-state index in [2.05, 4.69) is 17.4 Å². The summed E-state index contributed by atoms with van der Waals surface area (Å²) >= 11 is 0. The summed E-state index contributed by atoms with van der Waals surface area (Å²) in [7, 11) is 1.66. The highest BCUT2D eigenvalue weighted by Gasteiger charge is 2.16. The number of hydrogen-bond acceptors (Lipinski definition) is 3. The molecule has 2 aromatic carbocycles. The lowest BCUT2D eigenvalue weighted by Crippen LogP contribution is -2.17. The third kappa shape index (κ3) is 4.70. The molecule has 130 valence electrons. The molecule has 0 bridgehead atoms. The zero-order valence-electron chi connectivity index (χ0n) is 14.2. The van der Waals surface area contributed by atoms with Gasteiger partial charge in [-0.3, -0.25) is 0 Å². The van der Waals surface area contributed by atoms with Gasteiger partial charge in [0.25, 0.3) is 0 Å². The minimum Gasteiger partial charge on any atom is -0.497 e. The Morgan fingerprint density at radius 2 is 1.80 bits per heavy atom. The highest BCUT2D eigenvalue weighted by molar-refractivity contribution is 5.28. The van der Waals surface area contributed by atoms with Crippen LogP contribution in [0.3, 0.4) is 0 Å². The van der Waals surface area contributed by atoms with Gasteiger partial charge in [-0.15, -0.1) is 0 Å². The van der Waals surface area contributed by atoms with E-state index >= 15 is 0 Å². The van der Waals surface area contributed by atoms with Crippen molar-refractivity contribution in [3.63, 3.8) is 0 Å². The van der Waals surface area contributed by atoms with Gasteiger partial charge in [0, 0.05) is 12.5 Å². The highest BCUT2D eigenvalue weighted by Crippen LogP contribution is 2.28. The molecule has 0 aliphatic carbocycles. The Balaban J connectivity index is 1.58. The largest absolute Gasteiger partial charge is 0.497 e. The number of nitrogens with one attached hydrogen (secondary N) is 1. The lowest BCUT2D eigenvalue weighted by molar-refractivity contribution is 0.414. The third-order valence-corrected chi connectivity index (χ3v) is 4.26. The molecule has 0 saturated heterocycles. The van der Waals surface area contributed by atoms with Gasteiger partial charge in [-0.05, 0) is 60.5 Å². The molecule has 1 atom stereocenters. The van der Waals surface area contributed by atoms with Crippen LogP contribution in [0, 0.1) is 5.82 Å². The second-order valence-corrected chi connectivity index (χ2v) is 5.93. The Kier molecular flexibility index (Phi) is 5.86. The van der Waals surface area contributed by atoms with Crippen molar-refractivity contribution in [2.75, 3.05) is 13.7 Å². The van der Waals surface area contributed by atoms with Crippen molar-refractivity contribution in [1.29, 1.82) is 0 Å². The predicted octanol–water partition coefficient (Wildman–Crippen LogP) is 4.74. The average molecular weight is 339 g/mol. The van der Waals surface area contributed by atoms with Crippen molar-refractivity contribution in [2.24, 2.45) is 0 Å². The van der Waals surface area contributed by atoms with Crippen molar-refractivity contribution >= 4 is 0 Å². The number of rotatable bonds is 8. The summed E-state index contributed by atoms with van der Waals surface area (Å²) < 4.78 is 23.9. The van der Waals surface area contributed by atoms with E-state index < -0.39 is 0 Å². The van der Waals surface area contributed by atoms with Crippen molar-refractivity contribution in [1.82, 2.24) is 5.32 Å². The van der Waals surface area contributed by atoms with Gasteiger partial charge in [0.05, 0.1) is 13.4 Å². The standard InChI is InChI=1S/C21H22FNO2/c1-24-19-10-4-16(5-11-19)15-23-13-12-20(21-3-2-14-25-21)17-6-8-18(22)9-7-17/h2-11,14,20,23H,12-13,15H2,1H3/t20-/m0/s1. The van der Waals surface area contributed by atoms with Gasteiger partial charge in [-0.2, -0.15) is 0 Å². The molecular weight excluding hydrogens is 317 g/mol. The maximum absolute atomic E-state index is 13.2. The second kappa shape index (κ2) is 8.49. The smallest absolute Gasteiger partial charge is 0.123 e. The summed E-state index contributed by atoms with van der Waals surface area (Å²) in [6, 6.07) is 18.5. The summed E-state index contributed by atoms with van der Waals surface area (Å²) in [5.41, 5.74) is 2.26. The van der Waals surface area contributed by atoms with Gasteiger partial charge in [0.1, 0.15) is 17.3 Å². The number of hydrogen-bond donors (Lipinski definition) is 1. The van der Waals surface area contributed by atoms with E-state index in [0.717, 1.165) is 36.6 Å². The molecule has 4 heteroatoms. The molecule has 0 aliphatic rings. The second-order valence-electron chi connectivity index (χ2n) is 5.93. The van der Waals surface area contributed by atoms with E-state index in [1.165, 1.54) is 17.7 Å². The zero-order valence-corrected chi connectivity index (χ0v) is 14.2. The monoisotopic (exact) mass is 339 g/mol. The number of methoxy groups -OCH3 is 1. The van der Waals surface area contributed by atoms with Gasteiger partial charge in [0.2, 0.25) is 0 Å². The van der Waals surface area contributed by atoms with Crippen LogP contribution in [0.4, 0.5) is 4.39 Å². The fourth-order valence-corrected chi connectivity index (χ4v) is 2.88. The van der Waals surface area contributed by atoms with E-state index in [-0.39, 0.29) is 11.7 Å². The predicted molar refractivity (Wildman–Crippen MR) is 96.3 cm³/mol. The Hall–Kier alpha value is -2.59. The van der Waals surface area contributed by atoms with E-state index in [9.17, 15) is 4.39 Å². The quantitative estimate of drug-likeness (QED) is 0.602. The number of furan rings is 1. The fraction of sp³-hybridized carbons (Fsp3) is 0.238. The molecule has 3 nitrogen and oxygen atoms in total. The summed E-state index contributed by atoms with van der Waals surface area (Å²) in [4.78, 5) is 0. The molecule has 1 heterocycles. The van der Waals surface area contributed by atoms with Crippen LogP contribution in [0.2, 0.25) is 0 Å². The van der Waals surface area contributed by atoms with Crippen LogP contribution >= 0.6 is 0 Å². The summed E-state index contributed by atoms with van der Waals surface area (Å²) in [5, 5.41) is 3.46. The van der Waals surface area contributed by atoms with Crippen LogP contribution in [0.25, 0.3) is 0 Å². The van der Waals surface area contributed by atoms with Gasteiger partial charge in [-0.1, -0.05) is 24.3 Å². The van der Waals surface area contributed by atoms with Crippen molar-refractivity contribution < 1.29 is 13.5 Å². The van der Waals surface area contributed by atoms with E-state index in [1.54, 1.807) is 13.4 Å². The SMILES string of the molecule is COc1ccc(CNCC[C@@H](c2ccc(F)cc2)c2ccco2)cc1. The average Bonchev–Trinajstić information content (AvgIpc) is 3.18. The summed E-state index contributed by atoms with van der Waals surface area (Å²) in [6.07, 6.45) is 2.55. The van der Waals surface area contributed by atoms with Crippen molar-refractivity contribution in [2.45, 2.75) is 18.9 Å². The third-order valence-electron chi connectivity index (χ3n) is 4.26. The first-order chi connectivity index (χ1) is 12.3. The van der Waals surface area contributed by atoms with Crippen molar-refractivity contribution in [3.05, 3.63) is 89.6 Å². The number of ether oxygens (including phenoxy) is 1. The topological polar surface area (TPSA) is 34.4 Å². The molecule has 1 aromatic heterocycles. The first-order valence-electron chi connectivity index (χ1n) is 8.39. The maximum Gasteiger partial charge on any atom is 0.123 e. The molecular formula is C21H22FNO2. The normalized spacial score (nSPS) is 12.1. The Morgan fingerprint density at radius 3 is 2.44 bits per heavy atom. The highest BCUT2D eigenvalue weighted by atomic mass is 19.1. The zero-order chi connectivity index (χ0) is 17.5. The van der Waals surface area contributed by atoms with Crippen LogP contribution < -0.4 is 10.1 Å². The first-order valence-corrected chi connectivity index (χ1v) is 8.39. The molecule has 0 saturated carbocycles. The first kappa shape index (κ1) is 17.2. The van der Waals surface area contributed by atoms with E-state index in [4.69, 9.17) is 9.15 Å². The molecule has 3 aromatic rings. The summed E-state index contributed by atoms with van der Waals surface area (Å²) in [5.74, 6) is 1.65. The van der Waals surface area contributed by atoms with Crippen LogP contribution in [0.5, 0.6) is 5.75 Å². The van der Waals surface area contributed by atoms with Gasteiger partial charge < -0.3 is 14.5 Å². The fourth-order valence-electron chi connectivity index (χ4n) is 2.88. The van der Waals surface area contributed by atoms with E-state index in [1.807, 2.05) is 36.4 Å². The van der Waals surface area contributed by atoms with Gasteiger partial charge in [0.15, 0.2) is 0 Å². The molecule has 0 unspecified atom stereocenters. The minimum absolute atomic E-state index is 0.110. The molecule has 0 spiro atoms. The lowest BCUT2D eigenvalue weighted by Gasteiger charge is -2.16. The Morgan fingerprint density at radius 1 is 1.04 bits per heavy atom. The maximum atomic E-state index is 13.2. The Bertz CT molecular complexity index is 752. The lowest BCUT2D eigenvalue weighted by atomic mass is 9.93. The van der Waals surface area contributed by atoms with Crippen LogP contribution in [-0.2, 0) is 6.54 Å². The van der Waals surface area contributed by atoms with Gasteiger partial charge >= 0.3 is 0 Å². The van der Waals surface area contributed by atoms with E-state index in [0.29, 0.717) is 0 Å². The Labute approximate surface area is 147 Å². The number of halogens is 1. The van der Waals surface area contributed by atoms with Gasteiger partial charge in [-0.25, -0.2) is 4.39 Å². The van der Waals surface area contributed by atoms with Crippen LogP contribution in [0.1, 0.15) is 29.2 Å². The van der Waals surface area contributed by atoms with Crippen LogP contribution in [0.15, 0.2) is 71.3 Å². The molecule has 0 amide bonds. The minimum atomic E-state index is -0.223. The molecule has 25 heavy (non-hydrogen) atoms. The molecule has 0 aliphatic heterocycles. The molecule has 0 fully saturated rings. The molecule has 0 radical (unpaired) electrons. The molecule has 3 rings (SSSR count). The molecule has 1 N–H and O–H groups in total. The summed E-state index contributed by atoms with van der Waals surface area (Å²) in [6.45, 7) is 1.62. The van der Waals surface area contributed by atoms with Crippen molar-refractivity contribution in [3.8, 4) is 5.75 Å².